The van der Waals surface area contributed by atoms with E-state index in [1.807, 2.05) is 5.32 Å². The quantitative estimate of drug-likeness (QED) is 0.811. The summed E-state index contributed by atoms with van der Waals surface area (Å²) >= 11 is 0.867. The number of carbonyl (C=O) groups excluding carboxylic acids is 2. The Kier molecular flexibility index (Phi) is 4.45. The summed E-state index contributed by atoms with van der Waals surface area (Å²) in [5, 5.41) is 1.16. The first-order valence-electron chi connectivity index (χ1n) is 4.62. The third-order valence-electron chi connectivity index (χ3n) is 1.81. The van der Waals surface area contributed by atoms with Gasteiger partial charge in [-0.05, 0) is 19.1 Å². The molecule has 0 aliphatic heterocycles. The molecule has 0 aromatic heterocycles. The lowest BCUT2D eigenvalue weighted by Crippen LogP contribution is -2.39. The maximum atomic E-state index is 13.3. The third kappa shape index (κ3) is 4.03. The SMILES string of the molecule is C[C@@H](Sc1ccc(F)cc1F)C(=O)NC(N)=O. The zero-order valence-corrected chi connectivity index (χ0v) is 9.68. The predicted octanol–water partition coefficient (Wildman–Crippen LogP) is 1.64. The van der Waals surface area contributed by atoms with Crippen LogP contribution in [0.15, 0.2) is 23.1 Å². The summed E-state index contributed by atoms with van der Waals surface area (Å²) in [5.41, 5.74) is 4.77. The molecule has 7 heteroatoms. The van der Waals surface area contributed by atoms with Crippen LogP contribution in [0.2, 0.25) is 0 Å². The van der Waals surface area contributed by atoms with Crippen molar-refractivity contribution in [2.75, 3.05) is 0 Å². The van der Waals surface area contributed by atoms with Gasteiger partial charge in [0.05, 0.1) is 5.25 Å². The highest BCUT2D eigenvalue weighted by Crippen LogP contribution is 2.26. The topological polar surface area (TPSA) is 72.2 Å². The maximum absolute atomic E-state index is 13.3. The number of amides is 3. The first kappa shape index (κ1) is 13.4. The van der Waals surface area contributed by atoms with Gasteiger partial charge in [0, 0.05) is 11.0 Å². The second-order valence-electron chi connectivity index (χ2n) is 3.19. The Balaban J connectivity index is 2.70. The van der Waals surface area contributed by atoms with Crippen molar-refractivity contribution in [3.63, 3.8) is 0 Å². The Bertz CT molecular complexity index is 454. The van der Waals surface area contributed by atoms with Crippen LogP contribution in [-0.4, -0.2) is 17.2 Å². The van der Waals surface area contributed by atoms with Gasteiger partial charge in [0.25, 0.3) is 0 Å². The fraction of sp³-hybridized carbons (Fsp3) is 0.200. The highest BCUT2D eigenvalue weighted by atomic mass is 32.2. The minimum Gasteiger partial charge on any atom is -0.351 e. The van der Waals surface area contributed by atoms with Gasteiger partial charge in [-0.2, -0.15) is 0 Å². The lowest BCUT2D eigenvalue weighted by atomic mass is 10.3. The zero-order valence-electron chi connectivity index (χ0n) is 8.87. The predicted molar refractivity (Wildman–Crippen MR) is 59.4 cm³/mol. The molecular weight excluding hydrogens is 250 g/mol. The number of carbonyl (C=O) groups is 2. The van der Waals surface area contributed by atoms with Crippen LogP contribution >= 0.6 is 11.8 Å². The lowest BCUT2D eigenvalue weighted by molar-refractivity contribution is -0.119. The maximum Gasteiger partial charge on any atom is 0.318 e. The standard InChI is InChI=1S/C10H10F2N2O2S/c1-5(9(15)14-10(13)16)17-8-3-2-6(11)4-7(8)12/h2-5H,1H3,(H3,13,14,15,16)/t5-/m1/s1. The summed E-state index contributed by atoms with van der Waals surface area (Å²) in [4.78, 5) is 21.9. The van der Waals surface area contributed by atoms with Gasteiger partial charge in [-0.15, -0.1) is 11.8 Å². The molecule has 1 rings (SSSR count). The Morgan fingerprint density at radius 1 is 1.41 bits per heavy atom. The van der Waals surface area contributed by atoms with Crippen LogP contribution in [0.4, 0.5) is 13.6 Å². The van der Waals surface area contributed by atoms with Gasteiger partial charge < -0.3 is 5.73 Å². The van der Waals surface area contributed by atoms with Crippen LogP contribution in [0, 0.1) is 11.6 Å². The second-order valence-corrected chi connectivity index (χ2v) is 4.57. The van der Waals surface area contributed by atoms with Crippen LogP contribution in [0.25, 0.3) is 0 Å². The van der Waals surface area contributed by atoms with Crippen LogP contribution in [0.5, 0.6) is 0 Å². The van der Waals surface area contributed by atoms with Crippen LogP contribution in [-0.2, 0) is 4.79 Å². The number of thioether (sulfide) groups is 1. The molecule has 1 aromatic rings. The molecule has 0 spiro atoms. The van der Waals surface area contributed by atoms with Gasteiger partial charge in [0.15, 0.2) is 0 Å². The third-order valence-corrected chi connectivity index (χ3v) is 2.97. The van der Waals surface area contributed by atoms with Crippen molar-refractivity contribution >= 4 is 23.7 Å². The summed E-state index contributed by atoms with van der Waals surface area (Å²) in [5.74, 6) is -2.08. The molecule has 17 heavy (non-hydrogen) atoms. The average molecular weight is 260 g/mol. The minimum atomic E-state index is -0.970. The van der Waals surface area contributed by atoms with Crippen molar-refractivity contribution in [3.8, 4) is 0 Å². The summed E-state index contributed by atoms with van der Waals surface area (Å²) < 4.78 is 25.9. The monoisotopic (exact) mass is 260 g/mol. The second kappa shape index (κ2) is 5.62. The van der Waals surface area contributed by atoms with Gasteiger partial charge >= 0.3 is 6.03 Å². The van der Waals surface area contributed by atoms with Crippen molar-refractivity contribution in [2.45, 2.75) is 17.1 Å². The summed E-state index contributed by atoms with van der Waals surface area (Å²) in [6.07, 6.45) is 0. The molecule has 0 fully saturated rings. The number of urea groups is 1. The Morgan fingerprint density at radius 3 is 2.59 bits per heavy atom. The van der Waals surface area contributed by atoms with Crippen molar-refractivity contribution < 1.29 is 18.4 Å². The molecule has 0 aliphatic rings. The summed E-state index contributed by atoms with van der Waals surface area (Å²) in [6.45, 7) is 1.48. The molecule has 3 N–H and O–H groups in total. The number of benzene rings is 1. The molecular formula is C10H10F2N2O2S. The molecule has 0 radical (unpaired) electrons. The highest BCUT2D eigenvalue weighted by Gasteiger charge is 2.17. The van der Waals surface area contributed by atoms with Crippen molar-refractivity contribution in [1.82, 2.24) is 5.32 Å². The number of primary amides is 1. The highest BCUT2D eigenvalue weighted by molar-refractivity contribution is 8.00. The van der Waals surface area contributed by atoms with Gasteiger partial charge in [0.1, 0.15) is 11.6 Å². The van der Waals surface area contributed by atoms with E-state index in [0.717, 1.165) is 23.9 Å². The number of nitrogens with two attached hydrogens (primary N) is 1. The van der Waals surface area contributed by atoms with E-state index in [9.17, 15) is 18.4 Å². The molecule has 1 aromatic carbocycles. The largest absolute Gasteiger partial charge is 0.351 e. The first-order chi connectivity index (χ1) is 7.90. The summed E-state index contributed by atoms with van der Waals surface area (Å²) in [7, 11) is 0. The van der Waals surface area contributed by atoms with E-state index >= 15 is 0 Å². The van der Waals surface area contributed by atoms with Gasteiger partial charge in [0.2, 0.25) is 5.91 Å². The molecule has 0 bridgehead atoms. The Hall–Kier alpha value is -1.63. The van der Waals surface area contributed by atoms with Crippen molar-refractivity contribution in [1.29, 1.82) is 0 Å². The number of nitrogens with one attached hydrogen (secondary N) is 1. The molecule has 0 heterocycles. The van der Waals surface area contributed by atoms with Crippen molar-refractivity contribution in [3.05, 3.63) is 29.8 Å². The minimum absolute atomic E-state index is 0.124. The van der Waals surface area contributed by atoms with E-state index in [1.54, 1.807) is 0 Å². The number of hydrogen-bond donors (Lipinski definition) is 2. The van der Waals surface area contributed by atoms with Gasteiger partial charge in [-0.1, -0.05) is 0 Å². The fourth-order valence-corrected chi connectivity index (χ4v) is 1.90. The average Bonchev–Trinajstić information content (AvgIpc) is 2.21. The molecule has 4 nitrogen and oxygen atoms in total. The number of imide groups is 1. The van der Waals surface area contributed by atoms with E-state index in [0.29, 0.717) is 0 Å². The smallest absolute Gasteiger partial charge is 0.318 e. The first-order valence-corrected chi connectivity index (χ1v) is 5.50. The van der Waals surface area contributed by atoms with Gasteiger partial charge in [-0.25, -0.2) is 13.6 Å². The van der Waals surface area contributed by atoms with E-state index in [4.69, 9.17) is 5.73 Å². The van der Waals surface area contributed by atoms with Crippen LogP contribution < -0.4 is 11.1 Å². The van der Waals surface area contributed by atoms with E-state index in [1.165, 1.54) is 13.0 Å². The molecule has 1 atom stereocenters. The van der Waals surface area contributed by atoms with Gasteiger partial charge in [-0.3, -0.25) is 10.1 Å². The fourth-order valence-electron chi connectivity index (χ4n) is 1.04. The number of hydrogen-bond acceptors (Lipinski definition) is 3. The number of halogens is 2. The zero-order chi connectivity index (χ0) is 13.0. The van der Waals surface area contributed by atoms with E-state index in [-0.39, 0.29) is 4.90 Å². The Morgan fingerprint density at radius 2 is 2.06 bits per heavy atom. The summed E-state index contributed by atoms with van der Waals surface area (Å²) in [6, 6.07) is 2.07. The van der Waals surface area contributed by atoms with E-state index in [2.05, 4.69) is 0 Å². The molecule has 92 valence electrons. The van der Waals surface area contributed by atoms with E-state index < -0.39 is 28.8 Å². The van der Waals surface area contributed by atoms with Crippen LogP contribution in [0.1, 0.15) is 6.92 Å². The Labute approximate surface area is 101 Å². The normalized spacial score (nSPS) is 11.9. The van der Waals surface area contributed by atoms with Crippen molar-refractivity contribution in [2.24, 2.45) is 5.73 Å². The lowest BCUT2D eigenvalue weighted by Gasteiger charge is -2.10. The molecule has 3 amide bonds. The number of rotatable bonds is 3. The molecule has 0 aliphatic carbocycles. The molecule has 0 unspecified atom stereocenters. The molecule has 0 saturated heterocycles. The van der Waals surface area contributed by atoms with Crippen LogP contribution in [0.3, 0.4) is 0 Å². The molecule has 0 saturated carbocycles.